The molecule has 4 nitrogen and oxygen atoms in total. The molecule has 0 fully saturated rings. The van der Waals surface area contributed by atoms with E-state index in [9.17, 15) is 0 Å². The van der Waals surface area contributed by atoms with E-state index in [4.69, 9.17) is 12.2 Å². The summed E-state index contributed by atoms with van der Waals surface area (Å²) in [7, 11) is 0. The van der Waals surface area contributed by atoms with Crippen LogP contribution < -0.4 is 0 Å². The van der Waals surface area contributed by atoms with Crippen molar-refractivity contribution >= 4 is 12.2 Å². The molecule has 2 aromatic heterocycles. The molecule has 1 aromatic carbocycles. The van der Waals surface area contributed by atoms with Crippen molar-refractivity contribution in [2.45, 2.75) is 13.3 Å². The largest absolute Gasteiger partial charge is 0.267 e. The Balaban J connectivity index is 2.25. The molecule has 0 aliphatic carbocycles. The van der Waals surface area contributed by atoms with E-state index in [0.29, 0.717) is 4.77 Å². The van der Waals surface area contributed by atoms with Gasteiger partial charge in [-0.25, -0.2) is 0 Å². The zero-order chi connectivity index (χ0) is 13.9. The Labute approximate surface area is 122 Å². The molecule has 20 heavy (non-hydrogen) atoms. The van der Waals surface area contributed by atoms with Gasteiger partial charge in [0.15, 0.2) is 10.6 Å². The Kier molecular flexibility index (Phi) is 3.43. The Morgan fingerprint density at radius 1 is 1.15 bits per heavy atom. The van der Waals surface area contributed by atoms with Crippen LogP contribution in [0.5, 0.6) is 0 Å². The van der Waals surface area contributed by atoms with Gasteiger partial charge in [0.25, 0.3) is 0 Å². The van der Waals surface area contributed by atoms with E-state index in [0.717, 1.165) is 23.6 Å². The topological polar surface area (TPSA) is 46.5 Å². The van der Waals surface area contributed by atoms with Crippen LogP contribution in [-0.2, 0) is 6.42 Å². The van der Waals surface area contributed by atoms with Gasteiger partial charge in [0, 0.05) is 6.20 Å². The van der Waals surface area contributed by atoms with E-state index in [1.807, 2.05) is 34.9 Å². The Hall–Kier alpha value is -2.27. The minimum Gasteiger partial charge on any atom is -0.267 e. The fraction of sp³-hybridized carbons (Fsp3) is 0.133. The maximum Gasteiger partial charge on any atom is 0.200 e. The molecule has 5 heteroatoms. The van der Waals surface area contributed by atoms with Crippen molar-refractivity contribution in [2.24, 2.45) is 0 Å². The molecule has 0 aliphatic heterocycles. The predicted octanol–water partition coefficient (Wildman–Crippen LogP) is 3.55. The van der Waals surface area contributed by atoms with Crippen molar-refractivity contribution in [3.63, 3.8) is 0 Å². The van der Waals surface area contributed by atoms with Crippen LogP contribution in [0.2, 0.25) is 0 Å². The molecule has 0 atom stereocenters. The molecule has 0 radical (unpaired) electrons. The van der Waals surface area contributed by atoms with E-state index < -0.39 is 0 Å². The average Bonchev–Trinajstić information content (AvgIpc) is 2.89. The fourth-order valence-electron chi connectivity index (χ4n) is 2.22. The van der Waals surface area contributed by atoms with Crippen molar-refractivity contribution in [1.82, 2.24) is 19.7 Å². The lowest BCUT2D eigenvalue weighted by atomic mass is 10.1. The highest BCUT2D eigenvalue weighted by Crippen LogP contribution is 2.22. The summed E-state index contributed by atoms with van der Waals surface area (Å²) in [5, 5.41) is 7.18. The van der Waals surface area contributed by atoms with Crippen molar-refractivity contribution in [3.05, 3.63) is 59.0 Å². The Bertz CT molecular complexity index is 774. The number of hydrogen-bond acceptors (Lipinski definition) is 3. The molecule has 0 amide bonds. The molecular formula is C15H14N4S. The molecule has 0 saturated heterocycles. The summed E-state index contributed by atoms with van der Waals surface area (Å²) in [6, 6.07) is 13.9. The standard InChI is InChI=1S/C15H14N4S/c1-2-11-7-3-4-9-13(11)19-14(17-18-15(19)20)12-8-5-6-10-16-12/h3-10H,2H2,1H3,(H,18,20). The molecule has 0 aliphatic rings. The van der Waals surface area contributed by atoms with Crippen LogP contribution in [0.4, 0.5) is 0 Å². The van der Waals surface area contributed by atoms with Crippen LogP contribution in [0.3, 0.4) is 0 Å². The second-order valence-electron chi connectivity index (χ2n) is 4.39. The van der Waals surface area contributed by atoms with Gasteiger partial charge in [0.2, 0.25) is 0 Å². The number of benzene rings is 1. The minimum absolute atomic E-state index is 0.576. The first-order valence-corrected chi connectivity index (χ1v) is 6.89. The molecular weight excluding hydrogens is 268 g/mol. The lowest BCUT2D eigenvalue weighted by molar-refractivity contribution is 0.987. The quantitative estimate of drug-likeness (QED) is 0.747. The number of nitrogens with one attached hydrogen (secondary N) is 1. The van der Waals surface area contributed by atoms with Crippen molar-refractivity contribution in [1.29, 1.82) is 0 Å². The lowest BCUT2D eigenvalue weighted by Crippen LogP contribution is -2.02. The van der Waals surface area contributed by atoms with Crippen molar-refractivity contribution in [3.8, 4) is 17.2 Å². The van der Waals surface area contributed by atoms with Gasteiger partial charge in [-0.15, -0.1) is 0 Å². The van der Waals surface area contributed by atoms with E-state index in [1.54, 1.807) is 6.20 Å². The maximum absolute atomic E-state index is 5.38. The molecule has 3 rings (SSSR count). The number of aromatic amines is 1. The number of rotatable bonds is 3. The zero-order valence-corrected chi connectivity index (χ0v) is 11.9. The average molecular weight is 282 g/mol. The molecule has 1 N–H and O–H groups in total. The highest BCUT2D eigenvalue weighted by Gasteiger charge is 2.13. The van der Waals surface area contributed by atoms with Crippen LogP contribution in [0, 0.1) is 4.77 Å². The van der Waals surface area contributed by atoms with Gasteiger partial charge in [-0.2, -0.15) is 5.10 Å². The molecule has 100 valence electrons. The monoisotopic (exact) mass is 282 g/mol. The maximum atomic E-state index is 5.38. The first-order valence-electron chi connectivity index (χ1n) is 6.48. The van der Waals surface area contributed by atoms with Crippen LogP contribution in [0.15, 0.2) is 48.7 Å². The van der Waals surface area contributed by atoms with Gasteiger partial charge in [-0.05, 0) is 42.4 Å². The van der Waals surface area contributed by atoms with Gasteiger partial charge in [0.1, 0.15) is 5.69 Å². The van der Waals surface area contributed by atoms with Gasteiger partial charge < -0.3 is 0 Å². The van der Waals surface area contributed by atoms with Crippen LogP contribution in [0.1, 0.15) is 12.5 Å². The normalized spacial score (nSPS) is 10.7. The molecule has 0 spiro atoms. The zero-order valence-electron chi connectivity index (χ0n) is 11.1. The lowest BCUT2D eigenvalue weighted by Gasteiger charge is -2.10. The third kappa shape index (κ3) is 2.16. The van der Waals surface area contributed by atoms with Gasteiger partial charge in [-0.1, -0.05) is 31.2 Å². The number of H-pyrrole nitrogens is 1. The highest BCUT2D eigenvalue weighted by molar-refractivity contribution is 7.71. The van der Waals surface area contributed by atoms with Gasteiger partial charge in [-0.3, -0.25) is 14.6 Å². The number of pyridine rings is 1. The number of aryl methyl sites for hydroxylation is 1. The predicted molar refractivity (Wildman–Crippen MR) is 81.4 cm³/mol. The van der Waals surface area contributed by atoms with E-state index in [2.05, 4.69) is 34.2 Å². The van der Waals surface area contributed by atoms with Crippen molar-refractivity contribution in [2.75, 3.05) is 0 Å². The van der Waals surface area contributed by atoms with E-state index >= 15 is 0 Å². The summed E-state index contributed by atoms with van der Waals surface area (Å²) < 4.78 is 2.52. The second kappa shape index (κ2) is 5.38. The summed E-state index contributed by atoms with van der Waals surface area (Å²) in [6.07, 6.45) is 2.69. The summed E-state index contributed by atoms with van der Waals surface area (Å²) in [6.45, 7) is 2.13. The smallest absolute Gasteiger partial charge is 0.200 e. The summed E-state index contributed by atoms with van der Waals surface area (Å²) in [5.74, 6) is 0.733. The van der Waals surface area contributed by atoms with Crippen LogP contribution in [0.25, 0.3) is 17.2 Å². The molecule has 0 saturated carbocycles. The molecule has 3 aromatic rings. The second-order valence-corrected chi connectivity index (χ2v) is 4.77. The first kappa shape index (κ1) is 12.7. The molecule has 2 heterocycles. The van der Waals surface area contributed by atoms with Gasteiger partial charge in [0.05, 0.1) is 5.69 Å². The molecule has 0 bridgehead atoms. The summed E-state index contributed by atoms with van der Waals surface area (Å²) in [5.41, 5.74) is 3.07. The molecule has 0 unspecified atom stereocenters. The summed E-state index contributed by atoms with van der Waals surface area (Å²) in [4.78, 5) is 4.35. The third-order valence-electron chi connectivity index (χ3n) is 3.18. The third-order valence-corrected chi connectivity index (χ3v) is 3.45. The van der Waals surface area contributed by atoms with E-state index in [-0.39, 0.29) is 0 Å². The number of aromatic nitrogens is 4. The van der Waals surface area contributed by atoms with Gasteiger partial charge >= 0.3 is 0 Å². The number of hydrogen-bond donors (Lipinski definition) is 1. The van der Waals surface area contributed by atoms with Crippen LogP contribution in [-0.4, -0.2) is 19.7 Å². The van der Waals surface area contributed by atoms with Crippen molar-refractivity contribution < 1.29 is 0 Å². The first-order chi connectivity index (χ1) is 9.81. The van der Waals surface area contributed by atoms with Crippen LogP contribution >= 0.6 is 12.2 Å². The number of para-hydroxylation sites is 1. The number of nitrogens with zero attached hydrogens (tertiary/aromatic N) is 3. The Morgan fingerprint density at radius 2 is 1.95 bits per heavy atom. The summed E-state index contributed by atoms with van der Waals surface area (Å²) >= 11 is 5.38. The SMILES string of the molecule is CCc1ccccc1-n1c(-c2ccccn2)n[nH]c1=S. The van der Waals surface area contributed by atoms with E-state index in [1.165, 1.54) is 5.56 Å². The highest BCUT2D eigenvalue weighted by atomic mass is 32.1. The Morgan fingerprint density at radius 3 is 2.70 bits per heavy atom. The fourth-order valence-corrected chi connectivity index (χ4v) is 2.45. The minimum atomic E-state index is 0.576.